The molecule has 15 heavy (non-hydrogen) atoms. The van der Waals surface area contributed by atoms with E-state index in [1.165, 1.54) is 23.6 Å². The molecule has 0 aromatic heterocycles. The summed E-state index contributed by atoms with van der Waals surface area (Å²) in [6, 6.07) is 0. The predicted octanol–water partition coefficient (Wildman–Crippen LogP) is 1.05. The first-order valence-corrected chi connectivity index (χ1v) is 7.22. The van der Waals surface area contributed by atoms with Crippen molar-refractivity contribution in [3.63, 3.8) is 0 Å². The number of rotatable bonds is 9. The van der Waals surface area contributed by atoms with E-state index in [9.17, 15) is 8.42 Å². The zero-order valence-electron chi connectivity index (χ0n) is 10.1. The monoisotopic (exact) mass is 236 g/mol. The van der Waals surface area contributed by atoms with Crippen molar-refractivity contribution in [3.05, 3.63) is 0 Å². The van der Waals surface area contributed by atoms with Gasteiger partial charge in [-0.05, 0) is 13.0 Å². The van der Waals surface area contributed by atoms with Gasteiger partial charge in [0.25, 0.3) is 0 Å². The highest BCUT2D eigenvalue weighted by molar-refractivity contribution is 7.89. The van der Waals surface area contributed by atoms with Crippen LogP contribution in [0.5, 0.6) is 0 Å². The van der Waals surface area contributed by atoms with Crippen molar-refractivity contribution in [3.8, 4) is 0 Å². The molecule has 92 valence electrons. The van der Waals surface area contributed by atoms with Crippen LogP contribution in [-0.4, -0.2) is 45.7 Å². The first kappa shape index (κ1) is 14.9. The van der Waals surface area contributed by atoms with Crippen LogP contribution in [0.3, 0.4) is 0 Å². The Morgan fingerprint density at radius 2 is 1.73 bits per heavy atom. The van der Waals surface area contributed by atoms with E-state index < -0.39 is 10.0 Å². The Bertz CT molecular complexity index is 238. The molecular formula is C10H24N2O2S. The quantitative estimate of drug-likeness (QED) is 0.609. The minimum absolute atomic E-state index is 0.188. The van der Waals surface area contributed by atoms with E-state index >= 15 is 0 Å². The van der Waals surface area contributed by atoms with E-state index in [2.05, 4.69) is 12.2 Å². The van der Waals surface area contributed by atoms with Crippen LogP contribution in [0.15, 0.2) is 0 Å². The van der Waals surface area contributed by atoms with Gasteiger partial charge in [0.2, 0.25) is 10.0 Å². The molecule has 5 heteroatoms. The Morgan fingerprint density at radius 3 is 2.27 bits per heavy atom. The second kappa shape index (κ2) is 8.07. The first-order valence-electron chi connectivity index (χ1n) is 5.61. The van der Waals surface area contributed by atoms with E-state index in [-0.39, 0.29) is 5.75 Å². The molecule has 0 saturated carbocycles. The SMILES string of the molecule is CCCCCCNCCS(=O)(=O)N(C)C. The minimum atomic E-state index is -3.02. The van der Waals surface area contributed by atoms with E-state index in [0.29, 0.717) is 6.54 Å². The summed E-state index contributed by atoms with van der Waals surface area (Å²) in [4.78, 5) is 0. The Labute approximate surface area is 94.1 Å². The molecule has 0 atom stereocenters. The summed E-state index contributed by atoms with van der Waals surface area (Å²) in [5.41, 5.74) is 0. The van der Waals surface area contributed by atoms with Gasteiger partial charge in [0, 0.05) is 20.6 Å². The Hall–Kier alpha value is -0.130. The van der Waals surface area contributed by atoms with Crippen LogP contribution in [0, 0.1) is 0 Å². The molecule has 0 aromatic rings. The van der Waals surface area contributed by atoms with Crippen LogP contribution in [0.25, 0.3) is 0 Å². The summed E-state index contributed by atoms with van der Waals surface area (Å²) in [6.45, 7) is 3.65. The summed E-state index contributed by atoms with van der Waals surface area (Å²) >= 11 is 0. The summed E-state index contributed by atoms with van der Waals surface area (Å²) in [6.07, 6.45) is 4.85. The van der Waals surface area contributed by atoms with Gasteiger partial charge in [0.05, 0.1) is 5.75 Å². The second-order valence-electron chi connectivity index (χ2n) is 3.91. The zero-order chi connectivity index (χ0) is 11.7. The number of unbranched alkanes of at least 4 members (excludes halogenated alkanes) is 3. The highest BCUT2D eigenvalue weighted by atomic mass is 32.2. The van der Waals surface area contributed by atoms with E-state index in [1.807, 2.05) is 0 Å². The van der Waals surface area contributed by atoms with Crippen LogP contribution < -0.4 is 5.32 Å². The molecule has 0 fully saturated rings. The lowest BCUT2D eigenvalue weighted by Crippen LogP contribution is -2.31. The number of hydrogen-bond donors (Lipinski definition) is 1. The van der Waals surface area contributed by atoms with Crippen molar-refractivity contribution in [1.82, 2.24) is 9.62 Å². The molecular weight excluding hydrogens is 212 g/mol. The van der Waals surface area contributed by atoms with Gasteiger partial charge in [-0.3, -0.25) is 0 Å². The maximum Gasteiger partial charge on any atom is 0.214 e. The van der Waals surface area contributed by atoms with Crippen molar-refractivity contribution in [1.29, 1.82) is 0 Å². The molecule has 0 amide bonds. The van der Waals surface area contributed by atoms with Crippen LogP contribution >= 0.6 is 0 Å². The Morgan fingerprint density at radius 1 is 1.07 bits per heavy atom. The third kappa shape index (κ3) is 7.76. The molecule has 0 rings (SSSR count). The molecule has 0 spiro atoms. The lowest BCUT2D eigenvalue weighted by molar-refractivity contribution is 0.516. The topological polar surface area (TPSA) is 49.4 Å². The molecule has 1 N–H and O–H groups in total. The van der Waals surface area contributed by atoms with Crippen LogP contribution in [0.1, 0.15) is 32.6 Å². The van der Waals surface area contributed by atoms with Gasteiger partial charge in [0.15, 0.2) is 0 Å². The summed E-state index contributed by atoms with van der Waals surface area (Å²) in [5.74, 6) is 0.188. The van der Waals surface area contributed by atoms with Crippen molar-refractivity contribution >= 4 is 10.0 Å². The molecule has 0 aliphatic heterocycles. The second-order valence-corrected chi connectivity index (χ2v) is 6.21. The fourth-order valence-corrected chi connectivity index (χ4v) is 1.95. The van der Waals surface area contributed by atoms with Crippen molar-refractivity contribution in [2.24, 2.45) is 0 Å². The van der Waals surface area contributed by atoms with Crippen LogP contribution in [-0.2, 0) is 10.0 Å². The van der Waals surface area contributed by atoms with Gasteiger partial charge in [-0.1, -0.05) is 26.2 Å². The van der Waals surface area contributed by atoms with Gasteiger partial charge in [-0.2, -0.15) is 0 Å². The fourth-order valence-electron chi connectivity index (χ4n) is 1.19. The molecule has 0 aliphatic rings. The smallest absolute Gasteiger partial charge is 0.214 e. The number of nitrogens with zero attached hydrogens (tertiary/aromatic N) is 1. The fraction of sp³-hybridized carbons (Fsp3) is 1.00. The normalized spacial score (nSPS) is 12.3. The molecule has 0 radical (unpaired) electrons. The Kier molecular flexibility index (Phi) is 8.00. The molecule has 0 heterocycles. The maximum absolute atomic E-state index is 11.4. The lowest BCUT2D eigenvalue weighted by Gasteiger charge is -2.11. The predicted molar refractivity (Wildman–Crippen MR) is 64.5 cm³/mol. The first-order chi connectivity index (χ1) is 7.00. The van der Waals surface area contributed by atoms with E-state index in [1.54, 1.807) is 14.1 Å². The van der Waals surface area contributed by atoms with Crippen molar-refractivity contribution in [2.45, 2.75) is 32.6 Å². The standard InChI is InChI=1S/C10H24N2O2S/c1-4-5-6-7-8-11-9-10-15(13,14)12(2)3/h11H,4-10H2,1-3H3. The molecule has 0 aromatic carbocycles. The third-order valence-corrected chi connectivity index (χ3v) is 4.13. The maximum atomic E-state index is 11.4. The van der Waals surface area contributed by atoms with Gasteiger partial charge in [-0.25, -0.2) is 12.7 Å². The summed E-state index contributed by atoms with van der Waals surface area (Å²) in [7, 11) is 0.107. The zero-order valence-corrected chi connectivity index (χ0v) is 10.9. The Balaban J connectivity index is 3.39. The van der Waals surface area contributed by atoms with Crippen molar-refractivity contribution in [2.75, 3.05) is 32.9 Å². The number of sulfonamides is 1. The average Bonchev–Trinajstić information content (AvgIpc) is 2.16. The van der Waals surface area contributed by atoms with Gasteiger partial charge in [0.1, 0.15) is 0 Å². The molecule has 0 bridgehead atoms. The van der Waals surface area contributed by atoms with Gasteiger partial charge < -0.3 is 5.32 Å². The number of hydrogen-bond acceptors (Lipinski definition) is 3. The molecule has 0 saturated heterocycles. The average molecular weight is 236 g/mol. The molecule has 0 unspecified atom stereocenters. The molecule has 0 aliphatic carbocycles. The summed E-state index contributed by atoms with van der Waals surface area (Å²) in [5, 5.41) is 3.15. The highest BCUT2D eigenvalue weighted by Gasteiger charge is 2.11. The van der Waals surface area contributed by atoms with E-state index in [0.717, 1.165) is 13.0 Å². The highest BCUT2D eigenvalue weighted by Crippen LogP contribution is 1.97. The van der Waals surface area contributed by atoms with Crippen LogP contribution in [0.4, 0.5) is 0 Å². The van der Waals surface area contributed by atoms with Gasteiger partial charge >= 0.3 is 0 Å². The third-order valence-electron chi connectivity index (χ3n) is 2.30. The largest absolute Gasteiger partial charge is 0.316 e. The number of nitrogens with one attached hydrogen (secondary N) is 1. The lowest BCUT2D eigenvalue weighted by atomic mass is 10.2. The molecule has 4 nitrogen and oxygen atoms in total. The van der Waals surface area contributed by atoms with E-state index in [4.69, 9.17) is 0 Å². The summed E-state index contributed by atoms with van der Waals surface area (Å²) < 4.78 is 24.0. The van der Waals surface area contributed by atoms with Gasteiger partial charge in [-0.15, -0.1) is 0 Å². The minimum Gasteiger partial charge on any atom is -0.316 e. The van der Waals surface area contributed by atoms with Crippen LogP contribution in [0.2, 0.25) is 0 Å². The van der Waals surface area contributed by atoms with Crippen molar-refractivity contribution < 1.29 is 8.42 Å².